The Balaban J connectivity index is 2.27. The monoisotopic (exact) mass is 264 g/mol. The molecule has 0 aliphatic carbocycles. The molecule has 0 fully saturated rings. The molecule has 1 aromatic rings. The van der Waals surface area contributed by atoms with Crippen molar-refractivity contribution < 1.29 is 9.84 Å². The van der Waals surface area contributed by atoms with Crippen LogP contribution in [-0.4, -0.2) is 18.3 Å². The standard InChI is InChI=1S/C17H28O2/c1-4-5-6-7-12-19-13-17(18)16-10-8-15(9-11-16)14(2)3/h8-11,14,17-18H,4-7,12-13H2,1-3H3. The van der Waals surface area contributed by atoms with Crippen molar-refractivity contribution in [3.05, 3.63) is 35.4 Å². The van der Waals surface area contributed by atoms with Gasteiger partial charge in [0.25, 0.3) is 0 Å². The third-order valence-corrected chi connectivity index (χ3v) is 3.41. The van der Waals surface area contributed by atoms with Crippen LogP contribution in [0.3, 0.4) is 0 Å². The van der Waals surface area contributed by atoms with Crippen LogP contribution in [0.5, 0.6) is 0 Å². The van der Waals surface area contributed by atoms with Gasteiger partial charge in [0.1, 0.15) is 6.10 Å². The maximum atomic E-state index is 10.0. The number of hydrogen-bond donors (Lipinski definition) is 1. The van der Waals surface area contributed by atoms with Crippen LogP contribution in [0.25, 0.3) is 0 Å². The molecule has 0 bridgehead atoms. The average Bonchev–Trinajstić information content (AvgIpc) is 2.42. The van der Waals surface area contributed by atoms with Crippen molar-refractivity contribution in [3.8, 4) is 0 Å². The summed E-state index contributed by atoms with van der Waals surface area (Å²) in [6.07, 6.45) is 4.31. The molecule has 0 saturated carbocycles. The number of hydrogen-bond acceptors (Lipinski definition) is 2. The number of aliphatic hydroxyl groups is 1. The second kappa shape index (κ2) is 9.11. The van der Waals surface area contributed by atoms with Gasteiger partial charge in [-0.15, -0.1) is 0 Å². The van der Waals surface area contributed by atoms with E-state index in [1.807, 2.05) is 12.1 Å². The van der Waals surface area contributed by atoms with Crippen LogP contribution in [0, 0.1) is 0 Å². The minimum atomic E-state index is -0.507. The lowest BCUT2D eigenvalue weighted by molar-refractivity contribution is 0.0344. The third-order valence-electron chi connectivity index (χ3n) is 3.41. The lowest BCUT2D eigenvalue weighted by Crippen LogP contribution is -2.08. The van der Waals surface area contributed by atoms with Gasteiger partial charge in [-0.2, -0.15) is 0 Å². The summed E-state index contributed by atoms with van der Waals surface area (Å²) in [5.74, 6) is 0.529. The van der Waals surface area contributed by atoms with Crippen molar-refractivity contribution in [3.63, 3.8) is 0 Å². The van der Waals surface area contributed by atoms with Gasteiger partial charge in [0.05, 0.1) is 6.61 Å². The molecule has 0 amide bonds. The molecule has 2 nitrogen and oxygen atoms in total. The number of rotatable bonds is 9. The quantitative estimate of drug-likeness (QED) is 0.668. The van der Waals surface area contributed by atoms with Crippen molar-refractivity contribution in [2.75, 3.05) is 13.2 Å². The molecule has 108 valence electrons. The van der Waals surface area contributed by atoms with E-state index in [0.717, 1.165) is 18.6 Å². The molecule has 1 atom stereocenters. The number of ether oxygens (including phenoxy) is 1. The predicted molar refractivity (Wildman–Crippen MR) is 80.5 cm³/mol. The fourth-order valence-corrected chi connectivity index (χ4v) is 2.03. The fraction of sp³-hybridized carbons (Fsp3) is 0.647. The summed E-state index contributed by atoms with van der Waals surface area (Å²) < 4.78 is 5.52. The van der Waals surface area contributed by atoms with E-state index in [4.69, 9.17) is 4.74 Å². The Morgan fingerprint density at radius 3 is 2.21 bits per heavy atom. The SMILES string of the molecule is CCCCCCOCC(O)c1ccc(C(C)C)cc1. The highest BCUT2D eigenvalue weighted by Crippen LogP contribution is 2.19. The molecule has 1 aromatic carbocycles. The molecular formula is C17H28O2. The molecule has 0 radical (unpaired) electrons. The van der Waals surface area contributed by atoms with Gasteiger partial charge >= 0.3 is 0 Å². The minimum absolute atomic E-state index is 0.396. The van der Waals surface area contributed by atoms with E-state index in [1.54, 1.807) is 0 Å². The smallest absolute Gasteiger partial charge is 0.102 e. The van der Waals surface area contributed by atoms with E-state index in [9.17, 15) is 5.11 Å². The molecule has 19 heavy (non-hydrogen) atoms. The third kappa shape index (κ3) is 6.22. The first kappa shape index (κ1) is 16.2. The molecule has 0 aromatic heterocycles. The highest BCUT2D eigenvalue weighted by molar-refractivity contribution is 5.26. The summed E-state index contributed by atoms with van der Waals surface area (Å²) in [5.41, 5.74) is 2.24. The number of unbranched alkanes of at least 4 members (excludes halogenated alkanes) is 3. The van der Waals surface area contributed by atoms with Crippen LogP contribution in [0.4, 0.5) is 0 Å². The van der Waals surface area contributed by atoms with E-state index in [0.29, 0.717) is 12.5 Å². The maximum Gasteiger partial charge on any atom is 0.102 e. The van der Waals surface area contributed by atoms with Gasteiger partial charge in [-0.3, -0.25) is 0 Å². The van der Waals surface area contributed by atoms with Crippen molar-refractivity contribution in [1.29, 1.82) is 0 Å². The highest BCUT2D eigenvalue weighted by atomic mass is 16.5. The molecule has 0 aliphatic rings. The Labute approximate surface area is 117 Å². The van der Waals surface area contributed by atoms with E-state index in [1.165, 1.54) is 24.8 Å². The van der Waals surface area contributed by atoms with E-state index >= 15 is 0 Å². The molecule has 1 unspecified atom stereocenters. The van der Waals surface area contributed by atoms with E-state index in [-0.39, 0.29) is 0 Å². The lowest BCUT2D eigenvalue weighted by atomic mass is 10.0. The molecule has 0 aliphatic heterocycles. The molecular weight excluding hydrogens is 236 g/mol. The van der Waals surface area contributed by atoms with Gasteiger partial charge in [-0.05, 0) is 23.5 Å². The molecule has 2 heteroatoms. The van der Waals surface area contributed by atoms with Crippen LogP contribution >= 0.6 is 0 Å². The first-order valence-electron chi connectivity index (χ1n) is 7.50. The summed E-state index contributed by atoms with van der Waals surface area (Å²) in [6, 6.07) is 8.18. The van der Waals surface area contributed by atoms with Gasteiger partial charge in [-0.1, -0.05) is 64.3 Å². The zero-order valence-corrected chi connectivity index (χ0v) is 12.6. The van der Waals surface area contributed by atoms with Crippen molar-refractivity contribution >= 4 is 0 Å². The number of aliphatic hydroxyl groups excluding tert-OH is 1. The Bertz CT molecular complexity index is 330. The average molecular weight is 264 g/mol. The van der Waals surface area contributed by atoms with Crippen LogP contribution in [0.1, 0.15) is 69.6 Å². The minimum Gasteiger partial charge on any atom is -0.386 e. The van der Waals surface area contributed by atoms with Crippen LogP contribution in [0.2, 0.25) is 0 Å². The van der Waals surface area contributed by atoms with Crippen LogP contribution in [-0.2, 0) is 4.74 Å². The van der Waals surface area contributed by atoms with Crippen molar-refractivity contribution in [1.82, 2.24) is 0 Å². The summed E-state index contributed by atoms with van der Waals surface area (Å²) >= 11 is 0. The summed E-state index contributed by atoms with van der Waals surface area (Å²) in [5, 5.41) is 10.0. The second-order valence-corrected chi connectivity index (χ2v) is 5.47. The Morgan fingerprint density at radius 2 is 1.63 bits per heavy atom. The number of benzene rings is 1. The van der Waals surface area contributed by atoms with Crippen LogP contribution < -0.4 is 0 Å². The topological polar surface area (TPSA) is 29.5 Å². The second-order valence-electron chi connectivity index (χ2n) is 5.47. The summed E-state index contributed by atoms with van der Waals surface area (Å²) in [7, 11) is 0. The lowest BCUT2D eigenvalue weighted by Gasteiger charge is -2.13. The molecule has 0 saturated heterocycles. The van der Waals surface area contributed by atoms with Gasteiger partial charge in [0.15, 0.2) is 0 Å². The van der Waals surface area contributed by atoms with Crippen LogP contribution in [0.15, 0.2) is 24.3 Å². The maximum absolute atomic E-state index is 10.0. The summed E-state index contributed by atoms with van der Waals surface area (Å²) in [4.78, 5) is 0. The molecule has 1 N–H and O–H groups in total. The Hall–Kier alpha value is -0.860. The molecule has 1 rings (SSSR count). The molecule has 0 heterocycles. The first-order valence-corrected chi connectivity index (χ1v) is 7.50. The fourth-order valence-electron chi connectivity index (χ4n) is 2.03. The van der Waals surface area contributed by atoms with Gasteiger partial charge < -0.3 is 9.84 Å². The Morgan fingerprint density at radius 1 is 1.00 bits per heavy atom. The van der Waals surface area contributed by atoms with E-state index < -0.39 is 6.10 Å². The van der Waals surface area contributed by atoms with Gasteiger partial charge in [0, 0.05) is 6.61 Å². The zero-order chi connectivity index (χ0) is 14.1. The normalized spacial score (nSPS) is 12.9. The summed E-state index contributed by atoms with van der Waals surface area (Å²) in [6.45, 7) is 7.69. The molecule has 0 spiro atoms. The zero-order valence-electron chi connectivity index (χ0n) is 12.6. The van der Waals surface area contributed by atoms with Crippen molar-refractivity contribution in [2.24, 2.45) is 0 Å². The largest absolute Gasteiger partial charge is 0.386 e. The van der Waals surface area contributed by atoms with Crippen molar-refractivity contribution in [2.45, 2.75) is 58.5 Å². The highest BCUT2D eigenvalue weighted by Gasteiger charge is 2.08. The van der Waals surface area contributed by atoms with Gasteiger partial charge in [-0.25, -0.2) is 0 Å². The van der Waals surface area contributed by atoms with Gasteiger partial charge in [0.2, 0.25) is 0 Å². The predicted octanol–water partition coefficient (Wildman–Crippen LogP) is 4.44. The first-order chi connectivity index (χ1) is 9.15. The Kier molecular flexibility index (Phi) is 7.76. The van der Waals surface area contributed by atoms with E-state index in [2.05, 4.69) is 32.9 Å².